The Bertz CT molecular complexity index is 654. The summed E-state index contributed by atoms with van der Waals surface area (Å²) in [4.78, 5) is 8.20. The number of halogens is 2. The molecule has 1 unspecified atom stereocenters. The van der Waals surface area contributed by atoms with E-state index in [-0.39, 0.29) is 6.04 Å². The van der Waals surface area contributed by atoms with Crippen LogP contribution < -0.4 is 11.1 Å². The van der Waals surface area contributed by atoms with Gasteiger partial charge in [0.15, 0.2) is 11.9 Å². The lowest BCUT2D eigenvalue weighted by atomic mass is 10.1. The van der Waals surface area contributed by atoms with E-state index in [1.807, 2.05) is 13.0 Å². The second-order valence-corrected chi connectivity index (χ2v) is 5.42. The van der Waals surface area contributed by atoms with E-state index in [9.17, 15) is 0 Å². The van der Waals surface area contributed by atoms with E-state index >= 15 is 0 Å². The summed E-state index contributed by atoms with van der Waals surface area (Å²) in [5.41, 5.74) is 6.75. The number of aromatic nitrogens is 1. The van der Waals surface area contributed by atoms with Gasteiger partial charge in [-0.1, -0.05) is 29.3 Å². The van der Waals surface area contributed by atoms with Crippen LogP contribution in [0.2, 0.25) is 10.0 Å². The lowest BCUT2D eigenvalue weighted by Gasteiger charge is -2.16. The summed E-state index contributed by atoms with van der Waals surface area (Å²) in [6.45, 7) is 4.05. The van der Waals surface area contributed by atoms with Crippen LogP contribution in [0.25, 0.3) is 0 Å². The van der Waals surface area contributed by atoms with E-state index in [1.54, 1.807) is 25.3 Å². The highest BCUT2D eigenvalue weighted by Gasteiger charge is 2.10. The smallest absolute Gasteiger partial charge is 0.191 e. The molecule has 0 bridgehead atoms. The number of nitrogens with two attached hydrogens (primary N) is 1. The predicted molar refractivity (Wildman–Crippen MR) is 84.6 cm³/mol. The number of guanidine groups is 1. The Kier molecular flexibility index (Phi) is 5.09. The molecule has 21 heavy (non-hydrogen) atoms. The molecule has 0 saturated carbocycles. The molecule has 1 heterocycles. The van der Waals surface area contributed by atoms with Crippen LogP contribution in [0.1, 0.15) is 30.2 Å². The van der Waals surface area contributed by atoms with Gasteiger partial charge in [0.05, 0.1) is 12.2 Å². The molecule has 3 N–H and O–H groups in total. The van der Waals surface area contributed by atoms with Crippen molar-refractivity contribution in [2.24, 2.45) is 10.7 Å². The maximum Gasteiger partial charge on any atom is 0.191 e. The summed E-state index contributed by atoms with van der Waals surface area (Å²) in [7, 11) is 0. The molecule has 0 saturated heterocycles. The molecule has 2 rings (SSSR count). The summed E-state index contributed by atoms with van der Waals surface area (Å²) >= 11 is 12.0. The molecule has 1 aromatic carbocycles. The number of aliphatic imine (C=N–C) groups is 1. The maximum atomic E-state index is 6.16. The first-order chi connectivity index (χ1) is 9.95. The molecule has 0 aliphatic heterocycles. The fraction of sp³-hybridized carbons (Fsp3) is 0.286. The van der Waals surface area contributed by atoms with Crippen molar-refractivity contribution >= 4 is 29.2 Å². The third-order valence-corrected chi connectivity index (χ3v) is 3.43. The Labute approximate surface area is 133 Å². The second kappa shape index (κ2) is 6.83. The lowest BCUT2D eigenvalue weighted by Crippen LogP contribution is -2.33. The Morgan fingerprint density at radius 3 is 2.86 bits per heavy atom. The highest BCUT2D eigenvalue weighted by molar-refractivity contribution is 6.35. The van der Waals surface area contributed by atoms with Crippen molar-refractivity contribution in [1.82, 2.24) is 10.3 Å². The van der Waals surface area contributed by atoms with Crippen LogP contribution in [-0.2, 0) is 6.54 Å². The average molecular weight is 327 g/mol. The quantitative estimate of drug-likeness (QED) is 0.666. The van der Waals surface area contributed by atoms with E-state index in [0.29, 0.717) is 34.2 Å². The molecular weight excluding hydrogens is 311 g/mol. The summed E-state index contributed by atoms with van der Waals surface area (Å²) in [6.07, 6.45) is 1.63. The molecule has 0 spiro atoms. The number of rotatable bonds is 4. The fourth-order valence-electron chi connectivity index (χ4n) is 1.84. The van der Waals surface area contributed by atoms with E-state index in [4.69, 9.17) is 33.4 Å². The molecule has 0 radical (unpaired) electrons. The Morgan fingerprint density at radius 2 is 2.24 bits per heavy atom. The monoisotopic (exact) mass is 326 g/mol. The van der Waals surface area contributed by atoms with Crippen molar-refractivity contribution in [2.45, 2.75) is 26.4 Å². The van der Waals surface area contributed by atoms with Crippen LogP contribution in [-0.4, -0.2) is 10.9 Å². The number of hydrogen-bond donors (Lipinski definition) is 2. The van der Waals surface area contributed by atoms with Crippen molar-refractivity contribution in [3.05, 3.63) is 51.7 Å². The van der Waals surface area contributed by atoms with Gasteiger partial charge in [0.1, 0.15) is 12.3 Å². The number of aryl methyl sites for hydroxylation is 1. The Hall–Kier alpha value is -1.72. The van der Waals surface area contributed by atoms with Gasteiger partial charge in [-0.05, 0) is 24.6 Å². The van der Waals surface area contributed by atoms with Gasteiger partial charge >= 0.3 is 0 Å². The highest BCUT2D eigenvalue weighted by Crippen LogP contribution is 2.25. The van der Waals surface area contributed by atoms with Crippen molar-refractivity contribution in [1.29, 1.82) is 0 Å². The summed E-state index contributed by atoms with van der Waals surface area (Å²) in [5, 5.41) is 4.25. The zero-order valence-corrected chi connectivity index (χ0v) is 13.2. The summed E-state index contributed by atoms with van der Waals surface area (Å²) in [6, 6.07) is 5.25. The van der Waals surface area contributed by atoms with E-state index in [0.717, 1.165) is 5.56 Å². The van der Waals surface area contributed by atoms with Gasteiger partial charge < -0.3 is 15.5 Å². The number of benzene rings is 1. The molecule has 0 amide bonds. The molecule has 0 fully saturated rings. The molecular formula is C14H16Cl2N4O. The van der Waals surface area contributed by atoms with Gasteiger partial charge in [-0.15, -0.1) is 0 Å². The molecule has 0 aliphatic rings. The van der Waals surface area contributed by atoms with Crippen LogP contribution in [0.3, 0.4) is 0 Å². The van der Waals surface area contributed by atoms with E-state index in [2.05, 4.69) is 15.3 Å². The number of hydrogen-bond acceptors (Lipinski definition) is 3. The van der Waals surface area contributed by atoms with Gasteiger partial charge in [-0.2, -0.15) is 0 Å². The fourth-order valence-corrected chi connectivity index (χ4v) is 2.41. The van der Waals surface area contributed by atoms with Crippen LogP contribution in [0, 0.1) is 6.92 Å². The van der Waals surface area contributed by atoms with Crippen LogP contribution in [0.5, 0.6) is 0 Å². The van der Waals surface area contributed by atoms with Crippen LogP contribution >= 0.6 is 23.2 Å². The molecule has 1 atom stereocenters. The summed E-state index contributed by atoms with van der Waals surface area (Å²) in [5.74, 6) is 1.57. The van der Waals surface area contributed by atoms with Crippen LogP contribution in [0.4, 0.5) is 0 Å². The average Bonchev–Trinajstić information content (AvgIpc) is 2.82. The first kappa shape index (κ1) is 15.7. The Morgan fingerprint density at radius 1 is 1.48 bits per heavy atom. The van der Waals surface area contributed by atoms with Crippen LogP contribution in [0.15, 0.2) is 33.8 Å². The minimum Gasteiger partial charge on any atom is -0.444 e. The molecule has 0 aliphatic carbocycles. The maximum absolute atomic E-state index is 6.16. The molecule has 112 valence electrons. The topological polar surface area (TPSA) is 76.4 Å². The zero-order chi connectivity index (χ0) is 15.4. The first-order valence-corrected chi connectivity index (χ1v) is 7.14. The van der Waals surface area contributed by atoms with Gasteiger partial charge in [-0.25, -0.2) is 9.98 Å². The Balaban J connectivity index is 1.99. The standard InChI is InChI=1S/C14H16Cl2N4O/c1-8(12-4-3-10(15)5-13(12)16)20-14(17)19-7-11-6-18-9(2)21-11/h3-6,8H,7H2,1-2H3,(H3,17,19,20). The number of nitrogens with zero attached hydrogens (tertiary/aromatic N) is 2. The highest BCUT2D eigenvalue weighted by atomic mass is 35.5. The SMILES string of the molecule is Cc1ncc(CN=C(N)NC(C)c2ccc(Cl)cc2Cl)o1. The van der Waals surface area contributed by atoms with Gasteiger partial charge in [0, 0.05) is 17.0 Å². The number of nitrogens with one attached hydrogen (secondary N) is 1. The second-order valence-electron chi connectivity index (χ2n) is 4.58. The minimum atomic E-state index is -0.0880. The zero-order valence-electron chi connectivity index (χ0n) is 11.7. The van der Waals surface area contributed by atoms with E-state index < -0.39 is 0 Å². The molecule has 1 aromatic heterocycles. The van der Waals surface area contributed by atoms with Gasteiger partial charge in [-0.3, -0.25) is 0 Å². The van der Waals surface area contributed by atoms with Crippen molar-refractivity contribution in [2.75, 3.05) is 0 Å². The third kappa shape index (κ3) is 4.37. The molecule has 2 aromatic rings. The largest absolute Gasteiger partial charge is 0.444 e. The predicted octanol–water partition coefficient (Wildman–Crippen LogP) is 3.46. The normalized spacial score (nSPS) is 13.2. The van der Waals surface area contributed by atoms with Crippen molar-refractivity contribution < 1.29 is 4.42 Å². The molecule has 7 heteroatoms. The third-order valence-electron chi connectivity index (χ3n) is 2.87. The van der Waals surface area contributed by atoms with Crippen molar-refractivity contribution in [3.8, 4) is 0 Å². The summed E-state index contributed by atoms with van der Waals surface area (Å²) < 4.78 is 5.32. The van der Waals surface area contributed by atoms with Gasteiger partial charge in [0.2, 0.25) is 0 Å². The minimum absolute atomic E-state index is 0.0880. The van der Waals surface area contributed by atoms with Crippen molar-refractivity contribution in [3.63, 3.8) is 0 Å². The molecule has 5 nitrogen and oxygen atoms in total. The number of oxazole rings is 1. The van der Waals surface area contributed by atoms with Gasteiger partial charge in [0.25, 0.3) is 0 Å². The first-order valence-electron chi connectivity index (χ1n) is 6.38. The van der Waals surface area contributed by atoms with E-state index in [1.165, 1.54) is 0 Å². The lowest BCUT2D eigenvalue weighted by molar-refractivity contribution is 0.477.